The van der Waals surface area contributed by atoms with E-state index < -0.39 is 10.0 Å². The van der Waals surface area contributed by atoms with Crippen LogP contribution in [0.25, 0.3) is 0 Å². The van der Waals surface area contributed by atoms with Gasteiger partial charge in [-0.25, -0.2) is 17.8 Å². The maximum absolute atomic E-state index is 13.7. The number of halogens is 2. The molecule has 2 aliphatic rings. The lowest BCUT2D eigenvalue weighted by atomic mass is 10.1. The molecule has 1 atom stereocenters. The summed E-state index contributed by atoms with van der Waals surface area (Å²) in [7, 11) is -3.75. The number of piperazine rings is 1. The van der Waals surface area contributed by atoms with Crippen molar-refractivity contribution in [3.05, 3.63) is 64.9 Å². The first kappa shape index (κ1) is 24.0. The highest BCUT2D eigenvalue weighted by atomic mass is 35.5. The molecule has 184 valence electrons. The van der Waals surface area contributed by atoms with Gasteiger partial charge in [-0.05, 0) is 48.9 Å². The lowest BCUT2D eigenvalue weighted by Gasteiger charge is -2.38. The molecule has 0 saturated carbocycles. The van der Waals surface area contributed by atoms with Crippen molar-refractivity contribution in [3.8, 4) is 0 Å². The van der Waals surface area contributed by atoms with Crippen LogP contribution in [0.4, 0.5) is 20.9 Å². The molecule has 3 aromatic rings. The molecule has 2 aromatic carbocycles. The van der Waals surface area contributed by atoms with Crippen molar-refractivity contribution in [2.45, 2.75) is 17.4 Å². The highest BCUT2D eigenvalue weighted by Gasteiger charge is 2.38. The molecule has 2 fully saturated rings. The number of nitrogens with one attached hydrogen (secondary N) is 1. The summed E-state index contributed by atoms with van der Waals surface area (Å²) in [4.78, 5) is 23.2. The molecule has 2 saturated heterocycles. The van der Waals surface area contributed by atoms with Gasteiger partial charge in [0, 0.05) is 50.0 Å². The summed E-state index contributed by atoms with van der Waals surface area (Å²) in [6.07, 6.45) is 2.21. The largest absolute Gasteiger partial charge is 0.368 e. The Morgan fingerprint density at radius 2 is 1.80 bits per heavy atom. The molecule has 5 rings (SSSR count). The van der Waals surface area contributed by atoms with Crippen LogP contribution in [0, 0.1) is 5.82 Å². The van der Waals surface area contributed by atoms with Crippen molar-refractivity contribution < 1.29 is 17.6 Å². The van der Waals surface area contributed by atoms with Gasteiger partial charge in [0.2, 0.25) is 5.91 Å². The van der Waals surface area contributed by atoms with E-state index in [0.29, 0.717) is 60.7 Å². The van der Waals surface area contributed by atoms with Gasteiger partial charge in [-0.1, -0.05) is 11.6 Å². The zero-order valence-corrected chi connectivity index (χ0v) is 21.0. The third kappa shape index (κ3) is 4.99. The second-order valence-electron chi connectivity index (χ2n) is 8.35. The Hall–Kier alpha value is -2.73. The lowest BCUT2D eigenvalue weighted by molar-refractivity contribution is -0.121. The van der Waals surface area contributed by atoms with Crippen molar-refractivity contribution in [1.29, 1.82) is 0 Å². The van der Waals surface area contributed by atoms with Gasteiger partial charge >= 0.3 is 0 Å². The van der Waals surface area contributed by atoms with E-state index >= 15 is 0 Å². The molecule has 0 radical (unpaired) electrons. The molecule has 0 bridgehead atoms. The number of benzene rings is 2. The number of amides is 1. The maximum Gasteiger partial charge on any atom is 0.263 e. The molecule has 8 nitrogen and oxygen atoms in total. The van der Waals surface area contributed by atoms with Gasteiger partial charge in [-0.3, -0.25) is 14.4 Å². The van der Waals surface area contributed by atoms with Gasteiger partial charge in [-0.2, -0.15) is 0 Å². The summed E-state index contributed by atoms with van der Waals surface area (Å²) >= 11 is 7.45. The van der Waals surface area contributed by atoms with Crippen LogP contribution in [0.1, 0.15) is 6.42 Å². The van der Waals surface area contributed by atoms with Crippen molar-refractivity contribution in [2.24, 2.45) is 0 Å². The van der Waals surface area contributed by atoms with E-state index in [-0.39, 0.29) is 22.7 Å². The van der Waals surface area contributed by atoms with E-state index in [1.54, 1.807) is 28.5 Å². The zero-order chi connectivity index (χ0) is 24.6. The van der Waals surface area contributed by atoms with E-state index in [0.717, 1.165) is 0 Å². The summed E-state index contributed by atoms with van der Waals surface area (Å²) in [5, 5.41) is 2.49. The predicted molar refractivity (Wildman–Crippen MR) is 135 cm³/mol. The quantitative estimate of drug-likeness (QED) is 0.518. The van der Waals surface area contributed by atoms with Crippen LogP contribution in [0.5, 0.6) is 0 Å². The number of rotatable bonds is 6. The zero-order valence-electron chi connectivity index (χ0n) is 18.6. The molecule has 1 amide bonds. The van der Waals surface area contributed by atoms with Crippen LogP contribution in [-0.4, -0.2) is 63.0 Å². The number of sulfonamides is 1. The Labute approximate surface area is 212 Å². The van der Waals surface area contributed by atoms with E-state index in [1.165, 1.54) is 41.8 Å². The highest BCUT2D eigenvalue weighted by molar-refractivity contribution is 7.93. The summed E-state index contributed by atoms with van der Waals surface area (Å²) in [6, 6.07) is 10.4. The standard InChI is InChI=1S/C23H23ClFN5O3S2/c24-19-6-1-16(25)15-21(19)29-12-10-28(11-13-29)20-7-9-30(22(20)31)17-2-4-18(5-3-17)35(32,33)27-23-26-8-14-34-23/h1-6,8,14-15,20H,7,9-13H2,(H,26,27)/t20-/m0/s1. The molecular weight excluding hydrogens is 513 g/mol. The van der Waals surface area contributed by atoms with Gasteiger partial charge in [0.25, 0.3) is 10.0 Å². The summed E-state index contributed by atoms with van der Waals surface area (Å²) in [5.41, 5.74) is 1.33. The minimum absolute atomic E-state index is 0.00115. The first-order valence-electron chi connectivity index (χ1n) is 11.1. The SMILES string of the molecule is O=C1[C@@H](N2CCN(c3cc(F)ccc3Cl)CC2)CCN1c1ccc(S(=O)(=O)Nc2nccs2)cc1. The molecule has 0 unspecified atom stereocenters. The molecule has 1 aromatic heterocycles. The monoisotopic (exact) mass is 535 g/mol. The first-order chi connectivity index (χ1) is 16.8. The summed E-state index contributed by atoms with van der Waals surface area (Å²) in [6.45, 7) is 3.17. The van der Waals surface area contributed by atoms with Crippen LogP contribution >= 0.6 is 22.9 Å². The number of aromatic nitrogens is 1. The van der Waals surface area contributed by atoms with Crippen LogP contribution in [0.15, 0.2) is 58.9 Å². The third-order valence-electron chi connectivity index (χ3n) is 6.29. The molecule has 1 N–H and O–H groups in total. The summed E-state index contributed by atoms with van der Waals surface area (Å²) < 4.78 is 41.2. The van der Waals surface area contributed by atoms with Gasteiger partial charge in [0.1, 0.15) is 5.82 Å². The van der Waals surface area contributed by atoms with E-state index in [2.05, 4.69) is 14.6 Å². The molecule has 35 heavy (non-hydrogen) atoms. The normalized spacial score (nSPS) is 19.4. The molecule has 3 heterocycles. The topological polar surface area (TPSA) is 85.9 Å². The second kappa shape index (κ2) is 9.73. The number of nitrogens with zero attached hydrogens (tertiary/aromatic N) is 4. The first-order valence-corrected chi connectivity index (χ1v) is 13.8. The van der Waals surface area contributed by atoms with Gasteiger partial charge < -0.3 is 9.80 Å². The Morgan fingerprint density at radius 3 is 2.49 bits per heavy atom. The number of carbonyl (C=O) groups excluding carboxylic acids is 1. The Morgan fingerprint density at radius 1 is 1.06 bits per heavy atom. The highest BCUT2D eigenvalue weighted by Crippen LogP contribution is 2.30. The lowest BCUT2D eigenvalue weighted by Crippen LogP contribution is -2.52. The van der Waals surface area contributed by atoms with Crippen LogP contribution in [0.3, 0.4) is 0 Å². The summed E-state index contributed by atoms with van der Waals surface area (Å²) in [5.74, 6) is -0.329. The van der Waals surface area contributed by atoms with Crippen LogP contribution in [0.2, 0.25) is 5.02 Å². The average molecular weight is 536 g/mol. The fraction of sp³-hybridized carbons (Fsp3) is 0.304. The van der Waals surface area contributed by atoms with E-state index in [9.17, 15) is 17.6 Å². The van der Waals surface area contributed by atoms with Crippen molar-refractivity contribution in [1.82, 2.24) is 9.88 Å². The van der Waals surface area contributed by atoms with Gasteiger partial charge in [0.05, 0.1) is 21.6 Å². The number of hydrogen-bond acceptors (Lipinski definition) is 7. The van der Waals surface area contributed by atoms with E-state index in [4.69, 9.17) is 11.6 Å². The minimum Gasteiger partial charge on any atom is -0.368 e. The number of hydrogen-bond donors (Lipinski definition) is 1. The maximum atomic E-state index is 13.7. The Bertz CT molecular complexity index is 1310. The average Bonchev–Trinajstić information content (AvgIpc) is 3.50. The molecule has 12 heteroatoms. The van der Waals surface area contributed by atoms with Gasteiger partial charge in [-0.15, -0.1) is 11.3 Å². The number of carbonyl (C=O) groups is 1. The van der Waals surface area contributed by atoms with Crippen LogP contribution < -0.4 is 14.5 Å². The number of thiazole rings is 1. The van der Waals surface area contributed by atoms with Crippen molar-refractivity contribution >= 4 is 55.4 Å². The Kier molecular flexibility index (Phi) is 6.67. The van der Waals surface area contributed by atoms with Crippen molar-refractivity contribution in [2.75, 3.05) is 47.2 Å². The molecule has 0 spiro atoms. The number of anilines is 3. The minimum atomic E-state index is -3.75. The Balaban J connectivity index is 1.22. The fourth-order valence-electron chi connectivity index (χ4n) is 4.52. The van der Waals surface area contributed by atoms with Gasteiger partial charge in [0.15, 0.2) is 5.13 Å². The molecular formula is C23H23ClFN5O3S2. The fourth-order valence-corrected chi connectivity index (χ4v) is 6.54. The van der Waals surface area contributed by atoms with Crippen molar-refractivity contribution in [3.63, 3.8) is 0 Å². The predicted octanol–water partition coefficient (Wildman–Crippen LogP) is 3.66. The molecule has 0 aliphatic carbocycles. The van der Waals surface area contributed by atoms with E-state index in [1.807, 2.05) is 4.90 Å². The third-order valence-corrected chi connectivity index (χ3v) is 8.79. The molecule has 2 aliphatic heterocycles. The smallest absolute Gasteiger partial charge is 0.263 e. The van der Waals surface area contributed by atoms with Crippen LogP contribution in [-0.2, 0) is 14.8 Å². The second-order valence-corrected chi connectivity index (χ2v) is 11.3.